The van der Waals surface area contributed by atoms with Crippen molar-refractivity contribution in [3.8, 4) is 0 Å². The first kappa shape index (κ1) is 14.8. The van der Waals surface area contributed by atoms with Gasteiger partial charge in [-0.05, 0) is 38.5 Å². The molecule has 0 aliphatic heterocycles. The molecule has 0 aromatic heterocycles. The molecule has 0 radical (unpaired) electrons. The van der Waals surface area contributed by atoms with Gasteiger partial charge in [0.2, 0.25) is 0 Å². The zero-order valence-corrected chi connectivity index (χ0v) is 11.4. The molecule has 0 unspecified atom stereocenters. The molecule has 2 amide bonds. The van der Waals surface area contributed by atoms with E-state index in [9.17, 15) is 4.79 Å². The van der Waals surface area contributed by atoms with Gasteiger partial charge in [-0.1, -0.05) is 17.3 Å². The van der Waals surface area contributed by atoms with Crippen LogP contribution in [0, 0.1) is 6.92 Å². The van der Waals surface area contributed by atoms with Crippen LogP contribution in [0.2, 0.25) is 0 Å². The first-order chi connectivity index (χ1) is 8.93. The molecule has 4 N–H and O–H groups in total. The lowest BCUT2D eigenvalue weighted by Gasteiger charge is -2.26. The Balaban J connectivity index is 2.78. The molecule has 19 heavy (non-hydrogen) atoms. The van der Waals surface area contributed by atoms with Gasteiger partial charge in [0.15, 0.2) is 5.84 Å². The highest BCUT2D eigenvalue weighted by Gasteiger charge is 2.18. The van der Waals surface area contributed by atoms with Gasteiger partial charge < -0.3 is 21.2 Å². The number of anilines is 1. The van der Waals surface area contributed by atoms with E-state index in [0.717, 1.165) is 11.3 Å². The molecule has 104 valence electrons. The van der Waals surface area contributed by atoms with Crippen LogP contribution in [0.25, 0.3) is 0 Å². The molecule has 0 saturated carbocycles. The number of oxime groups is 1. The number of nitrogens with one attached hydrogen (secondary N) is 1. The van der Waals surface area contributed by atoms with E-state index >= 15 is 0 Å². The molecule has 0 aliphatic rings. The Labute approximate surface area is 112 Å². The third kappa shape index (κ3) is 4.50. The molecule has 0 aliphatic carbocycles. The first-order valence-corrected chi connectivity index (χ1v) is 6.04. The van der Waals surface area contributed by atoms with Crippen molar-refractivity contribution in [1.82, 2.24) is 4.90 Å². The molecule has 6 heteroatoms. The average molecular weight is 264 g/mol. The number of carbonyl (C=O) groups excluding carboxylic acids is 1. The largest absolute Gasteiger partial charge is 0.409 e. The number of rotatable bonds is 4. The molecule has 6 nitrogen and oxygen atoms in total. The van der Waals surface area contributed by atoms with Crippen LogP contribution in [0.1, 0.15) is 19.4 Å². The maximum Gasteiger partial charge on any atom is 0.322 e. The lowest BCUT2D eigenvalue weighted by molar-refractivity contribution is 0.205. The number of carbonyl (C=O) groups is 1. The van der Waals surface area contributed by atoms with Gasteiger partial charge in [0.05, 0.1) is 6.54 Å². The molecule has 0 atom stereocenters. The molecule has 0 bridgehead atoms. The summed E-state index contributed by atoms with van der Waals surface area (Å²) in [5, 5.41) is 14.3. The quantitative estimate of drug-likeness (QED) is 0.336. The topological polar surface area (TPSA) is 91.0 Å². The minimum absolute atomic E-state index is 0.00640. The molecular formula is C13H20N4O2. The van der Waals surface area contributed by atoms with Gasteiger partial charge in [0.1, 0.15) is 0 Å². The summed E-state index contributed by atoms with van der Waals surface area (Å²) in [7, 11) is 0. The Hall–Kier alpha value is -2.24. The van der Waals surface area contributed by atoms with Crippen molar-refractivity contribution in [2.24, 2.45) is 10.9 Å². The van der Waals surface area contributed by atoms with E-state index in [1.807, 2.05) is 45.0 Å². The standard InChI is InChI=1S/C13H20N4O2/c1-9(2)17(8-12(14)16-19)13(18)15-11-6-4-5-10(3)7-11/h4-7,9,19H,8H2,1-3H3,(H2,14,16)(H,15,18). The number of nitrogens with zero attached hydrogens (tertiary/aromatic N) is 2. The summed E-state index contributed by atoms with van der Waals surface area (Å²) in [5.74, 6) is -0.00640. The van der Waals surface area contributed by atoms with Gasteiger partial charge >= 0.3 is 6.03 Å². The van der Waals surface area contributed by atoms with Crippen molar-refractivity contribution >= 4 is 17.6 Å². The molecule has 0 spiro atoms. The van der Waals surface area contributed by atoms with Gasteiger partial charge in [-0.3, -0.25) is 0 Å². The SMILES string of the molecule is Cc1cccc(NC(=O)N(CC(N)=NO)C(C)C)c1. The normalized spacial score (nSPS) is 11.5. The molecule has 0 heterocycles. The van der Waals surface area contributed by atoms with Gasteiger partial charge in [0.25, 0.3) is 0 Å². The van der Waals surface area contributed by atoms with Crippen molar-refractivity contribution in [3.05, 3.63) is 29.8 Å². The second-order valence-corrected chi connectivity index (χ2v) is 4.61. The lowest BCUT2D eigenvalue weighted by Crippen LogP contribution is -2.45. The fourth-order valence-corrected chi connectivity index (χ4v) is 1.61. The van der Waals surface area contributed by atoms with Crippen LogP contribution >= 0.6 is 0 Å². The highest BCUT2D eigenvalue weighted by Crippen LogP contribution is 2.11. The number of urea groups is 1. The van der Waals surface area contributed by atoms with Gasteiger partial charge in [0, 0.05) is 11.7 Å². The smallest absolute Gasteiger partial charge is 0.322 e. The zero-order chi connectivity index (χ0) is 14.4. The molecule has 1 aromatic carbocycles. The minimum atomic E-state index is -0.285. The predicted molar refractivity (Wildman–Crippen MR) is 75.4 cm³/mol. The van der Waals surface area contributed by atoms with Gasteiger partial charge in [-0.2, -0.15) is 0 Å². The summed E-state index contributed by atoms with van der Waals surface area (Å²) in [6.45, 7) is 5.75. The highest BCUT2D eigenvalue weighted by atomic mass is 16.4. The second kappa shape index (κ2) is 6.63. The Morgan fingerprint density at radius 2 is 2.21 bits per heavy atom. The van der Waals surface area contributed by atoms with Gasteiger partial charge in [-0.25, -0.2) is 4.79 Å². The number of amides is 2. The Kier molecular flexibility index (Phi) is 5.17. The highest BCUT2D eigenvalue weighted by molar-refractivity contribution is 5.93. The maximum atomic E-state index is 12.1. The van der Waals surface area contributed by atoms with Crippen LogP contribution < -0.4 is 11.1 Å². The van der Waals surface area contributed by atoms with E-state index in [0.29, 0.717) is 0 Å². The van der Waals surface area contributed by atoms with Crippen molar-refractivity contribution in [2.45, 2.75) is 26.8 Å². The van der Waals surface area contributed by atoms with E-state index in [4.69, 9.17) is 10.9 Å². The minimum Gasteiger partial charge on any atom is -0.409 e. The van der Waals surface area contributed by atoms with E-state index < -0.39 is 0 Å². The van der Waals surface area contributed by atoms with Gasteiger partial charge in [-0.15, -0.1) is 0 Å². The second-order valence-electron chi connectivity index (χ2n) is 4.61. The first-order valence-electron chi connectivity index (χ1n) is 6.04. The molecule has 0 saturated heterocycles. The van der Waals surface area contributed by atoms with Crippen molar-refractivity contribution in [3.63, 3.8) is 0 Å². The van der Waals surface area contributed by atoms with Crippen LogP contribution in [0.15, 0.2) is 29.4 Å². The summed E-state index contributed by atoms with van der Waals surface area (Å²) < 4.78 is 0. The van der Waals surface area contributed by atoms with Crippen molar-refractivity contribution in [1.29, 1.82) is 0 Å². The molecule has 0 fully saturated rings. The summed E-state index contributed by atoms with van der Waals surface area (Å²) >= 11 is 0. The summed E-state index contributed by atoms with van der Waals surface area (Å²) in [5.41, 5.74) is 7.22. The number of hydrogen-bond acceptors (Lipinski definition) is 3. The average Bonchev–Trinajstić information content (AvgIpc) is 2.35. The maximum absolute atomic E-state index is 12.1. The number of aryl methyl sites for hydroxylation is 1. The predicted octanol–water partition coefficient (Wildman–Crippen LogP) is 1.98. The number of hydrogen-bond donors (Lipinski definition) is 3. The van der Waals surface area contributed by atoms with Crippen molar-refractivity contribution < 1.29 is 10.0 Å². The van der Waals surface area contributed by atoms with Crippen LogP contribution in [-0.2, 0) is 0 Å². The summed E-state index contributed by atoms with van der Waals surface area (Å²) in [4.78, 5) is 13.6. The Bertz CT molecular complexity index is 471. The van der Waals surface area contributed by atoms with Crippen LogP contribution in [0.3, 0.4) is 0 Å². The Morgan fingerprint density at radius 1 is 1.53 bits per heavy atom. The third-order valence-electron chi connectivity index (χ3n) is 2.61. The van der Waals surface area contributed by atoms with E-state index in [2.05, 4.69) is 10.5 Å². The van der Waals surface area contributed by atoms with Crippen LogP contribution in [0.4, 0.5) is 10.5 Å². The van der Waals surface area contributed by atoms with E-state index in [-0.39, 0.29) is 24.5 Å². The molecular weight excluding hydrogens is 244 g/mol. The third-order valence-corrected chi connectivity index (χ3v) is 2.61. The fourth-order valence-electron chi connectivity index (χ4n) is 1.61. The number of benzene rings is 1. The monoisotopic (exact) mass is 264 g/mol. The lowest BCUT2D eigenvalue weighted by atomic mass is 10.2. The van der Waals surface area contributed by atoms with Crippen molar-refractivity contribution in [2.75, 3.05) is 11.9 Å². The van der Waals surface area contributed by atoms with Crippen LogP contribution in [-0.4, -0.2) is 34.6 Å². The molecule has 1 aromatic rings. The van der Waals surface area contributed by atoms with Crippen LogP contribution in [0.5, 0.6) is 0 Å². The number of nitrogens with two attached hydrogens (primary N) is 1. The number of amidine groups is 1. The molecule has 1 rings (SSSR count). The fraction of sp³-hybridized carbons (Fsp3) is 0.385. The van der Waals surface area contributed by atoms with E-state index in [1.54, 1.807) is 0 Å². The zero-order valence-electron chi connectivity index (χ0n) is 11.4. The summed E-state index contributed by atoms with van der Waals surface area (Å²) in [6.07, 6.45) is 0. The summed E-state index contributed by atoms with van der Waals surface area (Å²) in [6, 6.07) is 7.16. The van der Waals surface area contributed by atoms with E-state index in [1.165, 1.54) is 4.90 Å². The Morgan fingerprint density at radius 3 is 2.74 bits per heavy atom.